The highest BCUT2D eigenvalue weighted by atomic mass is 79.9. The number of anilines is 1. The number of carbonyl (C=O) groups is 1. The third-order valence-corrected chi connectivity index (χ3v) is 9.91. The van der Waals surface area contributed by atoms with Gasteiger partial charge in [0.15, 0.2) is 0 Å². The predicted molar refractivity (Wildman–Crippen MR) is 152 cm³/mol. The van der Waals surface area contributed by atoms with E-state index in [0.717, 1.165) is 45.6 Å². The van der Waals surface area contributed by atoms with Crippen LogP contribution >= 0.6 is 27.3 Å². The number of amides is 1. The van der Waals surface area contributed by atoms with Crippen LogP contribution in [0.25, 0.3) is 10.2 Å². The average molecular weight is 616 g/mol. The van der Waals surface area contributed by atoms with Crippen molar-refractivity contribution in [2.24, 2.45) is 5.10 Å². The summed E-state index contributed by atoms with van der Waals surface area (Å²) in [6.07, 6.45) is 4.20. The molecule has 11 heteroatoms. The van der Waals surface area contributed by atoms with Crippen LogP contribution < -0.4 is 5.01 Å². The smallest absolute Gasteiger partial charge is 0.267 e. The number of hydrogen-bond donors (Lipinski definition) is 0. The SMILES string of the molecule is CC1CCCCN1S(=O)(=O)c1ccc(C(=O)N(/N=C/c2ccc(Br)cc2)c2nc3ccc(F)cc3s2)cc1. The lowest BCUT2D eigenvalue weighted by Gasteiger charge is -2.32. The van der Waals surface area contributed by atoms with Crippen LogP contribution in [0.1, 0.15) is 42.1 Å². The first kappa shape index (κ1) is 26.6. The van der Waals surface area contributed by atoms with Crippen LogP contribution in [0, 0.1) is 5.82 Å². The highest BCUT2D eigenvalue weighted by Gasteiger charge is 2.31. The molecule has 0 aliphatic carbocycles. The van der Waals surface area contributed by atoms with E-state index in [1.807, 2.05) is 31.2 Å². The topological polar surface area (TPSA) is 82.9 Å². The molecule has 1 fully saturated rings. The minimum Gasteiger partial charge on any atom is -0.267 e. The summed E-state index contributed by atoms with van der Waals surface area (Å²) in [6, 6.07) is 17.4. The summed E-state index contributed by atoms with van der Waals surface area (Å²) in [5, 5.41) is 5.83. The maximum absolute atomic E-state index is 13.8. The van der Waals surface area contributed by atoms with Crippen LogP contribution in [-0.4, -0.2) is 42.4 Å². The fraction of sp³-hybridized carbons (Fsp3) is 0.222. The van der Waals surface area contributed by atoms with Crippen molar-refractivity contribution in [1.29, 1.82) is 0 Å². The van der Waals surface area contributed by atoms with Crippen molar-refractivity contribution in [3.8, 4) is 0 Å². The van der Waals surface area contributed by atoms with Crippen LogP contribution in [0.2, 0.25) is 0 Å². The van der Waals surface area contributed by atoms with E-state index in [1.165, 1.54) is 46.9 Å². The van der Waals surface area contributed by atoms with Crippen molar-refractivity contribution in [1.82, 2.24) is 9.29 Å². The molecule has 1 aliphatic heterocycles. The van der Waals surface area contributed by atoms with E-state index in [4.69, 9.17) is 0 Å². The second-order valence-electron chi connectivity index (χ2n) is 9.01. The molecule has 196 valence electrons. The lowest BCUT2D eigenvalue weighted by atomic mass is 10.1. The average Bonchev–Trinajstić information content (AvgIpc) is 3.32. The molecule has 5 rings (SSSR count). The monoisotopic (exact) mass is 614 g/mol. The Kier molecular flexibility index (Phi) is 7.71. The standard InChI is InChI=1S/C27H24BrFN4O3S2/c1-18-4-2-3-15-32(18)38(35,36)23-12-7-20(8-13-23)26(34)33(30-17-19-5-9-21(28)10-6-19)27-31-24-14-11-22(29)16-25(24)37-27/h5-14,16-18H,2-4,15H2,1H3/b30-17+. The third kappa shape index (κ3) is 5.56. The third-order valence-electron chi connectivity index (χ3n) is 6.35. The Bertz CT molecular complexity index is 1610. The van der Waals surface area contributed by atoms with Gasteiger partial charge in [-0.15, -0.1) is 0 Å². The summed E-state index contributed by atoms with van der Waals surface area (Å²) < 4.78 is 43.2. The molecule has 0 bridgehead atoms. The van der Waals surface area contributed by atoms with Gasteiger partial charge in [0.1, 0.15) is 5.82 Å². The molecule has 4 aromatic rings. The number of aromatic nitrogens is 1. The van der Waals surface area contributed by atoms with Gasteiger partial charge in [-0.1, -0.05) is 45.8 Å². The summed E-state index contributed by atoms with van der Waals surface area (Å²) in [6.45, 7) is 2.40. The van der Waals surface area contributed by atoms with Crippen molar-refractivity contribution < 1.29 is 17.6 Å². The van der Waals surface area contributed by atoms with Gasteiger partial charge in [-0.2, -0.15) is 14.4 Å². The quantitative estimate of drug-likeness (QED) is 0.185. The molecule has 0 saturated carbocycles. The van der Waals surface area contributed by atoms with Gasteiger partial charge in [-0.05, 0) is 79.9 Å². The summed E-state index contributed by atoms with van der Waals surface area (Å²) in [7, 11) is -3.67. The molecule has 1 aliphatic rings. The van der Waals surface area contributed by atoms with E-state index in [2.05, 4.69) is 26.0 Å². The van der Waals surface area contributed by atoms with E-state index in [1.54, 1.807) is 6.07 Å². The highest BCUT2D eigenvalue weighted by molar-refractivity contribution is 9.10. The number of hydrogen-bond acceptors (Lipinski definition) is 6. The molecule has 1 unspecified atom stereocenters. The number of carbonyl (C=O) groups excluding carboxylic acids is 1. The molecular formula is C27H24BrFN4O3S2. The molecule has 0 N–H and O–H groups in total. The number of fused-ring (bicyclic) bond motifs is 1. The molecule has 1 aromatic heterocycles. The molecule has 2 heterocycles. The molecule has 38 heavy (non-hydrogen) atoms. The number of rotatable bonds is 6. The first-order valence-corrected chi connectivity index (χ1v) is 15.1. The van der Waals surface area contributed by atoms with E-state index in [0.29, 0.717) is 16.8 Å². The molecule has 3 aromatic carbocycles. The Balaban J connectivity index is 1.48. The van der Waals surface area contributed by atoms with Crippen LogP contribution in [0.3, 0.4) is 0 Å². The predicted octanol–water partition coefficient (Wildman–Crippen LogP) is 6.44. The zero-order valence-corrected chi connectivity index (χ0v) is 23.6. The number of thiazole rings is 1. The largest absolute Gasteiger partial charge is 0.280 e. The Morgan fingerprint density at radius 2 is 1.87 bits per heavy atom. The number of hydrazone groups is 1. The van der Waals surface area contributed by atoms with Crippen molar-refractivity contribution >= 4 is 64.8 Å². The maximum Gasteiger partial charge on any atom is 0.280 e. The van der Waals surface area contributed by atoms with Crippen LogP contribution in [0.4, 0.5) is 9.52 Å². The summed E-state index contributed by atoms with van der Waals surface area (Å²) >= 11 is 4.53. The van der Waals surface area contributed by atoms with E-state index >= 15 is 0 Å². The van der Waals surface area contributed by atoms with E-state index < -0.39 is 21.7 Å². The van der Waals surface area contributed by atoms with Gasteiger partial charge in [-0.25, -0.2) is 17.8 Å². The van der Waals surface area contributed by atoms with Crippen molar-refractivity contribution in [2.75, 3.05) is 11.6 Å². The number of sulfonamides is 1. The minimum absolute atomic E-state index is 0.0673. The first-order chi connectivity index (χ1) is 18.2. The molecule has 1 atom stereocenters. The normalized spacial score (nSPS) is 16.8. The van der Waals surface area contributed by atoms with Gasteiger partial charge in [0.2, 0.25) is 15.2 Å². The van der Waals surface area contributed by atoms with Crippen molar-refractivity contribution in [2.45, 2.75) is 37.1 Å². The summed E-state index contributed by atoms with van der Waals surface area (Å²) in [4.78, 5) is 18.2. The van der Waals surface area contributed by atoms with Gasteiger partial charge < -0.3 is 0 Å². The molecular weight excluding hydrogens is 591 g/mol. The fourth-order valence-electron chi connectivity index (χ4n) is 4.29. The maximum atomic E-state index is 13.8. The zero-order valence-electron chi connectivity index (χ0n) is 20.4. The Morgan fingerprint density at radius 1 is 1.13 bits per heavy atom. The van der Waals surface area contributed by atoms with Gasteiger partial charge in [0.05, 0.1) is 21.3 Å². The molecule has 0 radical (unpaired) electrons. The van der Waals surface area contributed by atoms with E-state index in [9.17, 15) is 17.6 Å². The molecule has 1 amide bonds. The molecule has 7 nitrogen and oxygen atoms in total. The Morgan fingerprint density at radius 3 is 2.58 bits per heavy atom. The van der Waals surface area contributed by atoms with Crippen LogP contribution in [0.15, 0.2) is 81.2 Å². The Hall–Kier alpha value is -2.99. The fourth-order valence-corrected chi connectivity index (χ4v) is 7.21. The number of nitrogens with zero attached hydrogens (tertiary/aromatic N) is 4. The highest BCUT2D eigenvalue weighted by Crippen LogP contribution is 2.31. The zero-order chi connectivity index (χ0) is 26.9. The summed E-state index contributed by atoms with van der Waals surface area (Å²) in [5.74, 6) is -0.892. The number of benzene rings is 3. The van der Waals surface area contributed by atoms with Gasteiger partial charge in [0, 0.05) is 22.6 Å². The second-order valence-corrected chi connectivity index (χ2v) is 12.8. The van der Waals surface area contributed by atoms with Crippen molar-refractivity contribution in [3.63, 3.8) is 0 Å². The number of piperidine rings is 1. The van der Waals surface area contributed by atoms with Crippen LogP contribution in [0.5, 0.6) is 0 Å². The van der Waals surface area contributed by atoms with Gasteiger partial charge in [0.25, 0.3) is 5.91 Å². The lowest BCUT2D eigenvalue weighted by Crippen LogP contribution is -2.41. The van der Waals surface area contributed by atoms with Crippen LogP contribution in [-0.2, 0) is 10.0 Å². The van der Waals surface area contributed by atoms with E-state index in [-0.39, 0.29) is 21.6 Å². The first-order valence-electron chi connectivity index (χ1n) is 12.0. The number of halogens is 2. The van der Waals surface area contributed by atoms with Gasteiger partial charge >= 0.3 is 0 Å². The minimum atomic E-state index is -3.67. The lowest BCUT2D eigenvalue weighted by molar-refractivity contribution is 0.0987. The molecule has 0 spiro atoms. The van der Waals surface area contributed by atoms with Gasteiger partial charge in [-0.3, -0.25) is 4.79 Å². The van der Waals surface area contributed by atoms with Crippen molar-refractivity contribution in [3.05, 3.63) is 88.1 Å². The second kappa shape index (κ2) is 11.0. The summed E-state index contributed by atoms with van der Waals surface area (Å²) in [5.41, 5.74) is 1.55. The Labute approximate surface area is 232 Å². The molecule has 1 saturated heterocycles.